The molecule has 0 amide bonds. The van der Waals surface area contributed by atoms with Gasteiger partial charge in [-0.15, -0.1) is 0 Å². The second-order valence-corrected chi connectivity index (χ2v) is 4.93. The van der Waals surface area contributed by atoms with Gasteiger partial charge in [-0.2, -0.15) is 0 Å². The number of ether oxygens (including phenoxy) is 1. The highest BCUT2D eigenvalue weighted by atomic mass is 19.1. The van der Waals surface area contributed by atoms with E-state index in [-0.39, 0.29) is 18.2 Å². The van der Waals surface area contributed by atoms with E-state index in [1.807, 2.05) is 12.1 Å². The predicted octanol–water partition coefficient (Wildman–Crippen LogP) is 2.21. The Labute approximate surface area is 123 Å². The van der Waals surface area contributed by atoms with E-state index in [1.165, 1.54) is 6.07 Å². The van der Waals surface area contributed by atoms with Crippen molar-refractivity contribution in [2.75, 3.05) is 31.1 Å². The van der Waals surface area contributed by atoms with E-state index in [2.05, 4.69) is 15.2 Å². The van der Waals surface area contributed by atoms with E-state index in [1.54, 1.807) is 24.4 Å². The Bertz CT molecular complexity index is 600. The molecule has 0 bridgehead atoms. The van der Waals surface area contributed by atoms with Gasteiger partial charge in [-0.3, -0.25) is 4.98 Å². The molecule has 110 valence electrons. The van der Waals surface area contributed by atoms with Crippen molar-refractivity contribution in [3.8, 4) is 5.75 Å². The number of pyridine rings is 1. The number of aromatic nitrogens is 1. The van der Waals surface area contributed by atoms with Crippen LogP contribution in [0.1, 0.15) is 5.69 Å². The Hall–Kier alpha value is -2.14. The fraction of sp³-hybridized carbons (Fsp3) is 0.312. The summed E-state index contributed by atoms with van der Waals surface area (Å²) in [7, 11) is 0. The summed E-state index contributed by atoms with van der Waals surface area (Å²) in [5, 5.41) is 3.33. The summed E-state index contributed by atoms with van der Waals surface area (Å²) in [5.41, 5.74) is 1.90. The van der Waals surface area contributed by atoms with Gasteiger partial charge in [-0.25, -0.2) is 4.39 Å². The minimum absolute atomic E-state index is 0.259. The van der Waals surface area contributed by atoms with Crippen molar-refractivity contribution in [3.05, 3.63) is 54.1 Å². The van der Waals surface area contributed by atoms with Crippen LogP contribution < -0.4 is 15.0 Å². The number of hydrogen-bond acceptors (Lipinski definition) is 4. The minimum atomic E-state index is -0.350. The summed E-state index contributed by atoms with van der Waals surface area (Å²) in [6.45, 7) is 4.07. The van der Waals surface area contributed by atoms with Crippen molar-refractivity contribution in [1.82, 2.24) is 10.3 Å². The third-order valence-electron chi connectivity index (χ3n) is 3.52. The number of rotatable bonds is 4. The zero-order valence-electron chi connectivity index (χ0n) is 11.8. The molecule has 1 aliphatic rings. The standard InChI is InChI=1S/C16H18FN3O/c17-13-4-1-2-6-16(13)21-12-14-15(5-3-7-19-14)20-10-8-18-9-11-20/h1-7,18H,8-12H2. The number of anilines is 1. The molecular formula is C16H18FN3O. The molecule has 1 saturated heterocycles. The lowest BCUT2D eigenvalue weighted by Gasteiger charge is -2.30. The lowest BCUT2D eigenvalue weighted by molar-refractivity contribution is 0.286. The Balaban J connectivity index is 1.74. The average Bonchev–Trinajstić information content (AvgIpc) is 2.55. The van der Waals surface area contributed by atoms with Crippen LogP contribution >= 0.6 is 0 Å². The van der Waals surface area contributed by atoms with E-state index in [4.69, 9.17) is 4.74 Å². The Morgan fingerprint density at radius 1 is 1.14 bits per heavy atom. The van der Waals surface area contributed by atoms with Gasteiger partial charge in [0.05, 0.1) is 5.69 Å². The summed E-state index contributed by atoms with van der Waals surface area (Å²) in [5.74, 6) is -0.0911. The molecule has 0 aliphatic carbocycles. The molecule has 1 fully saturated rings. The van der Waals surface area contributed by atoms with Crippen molar-refractivity contribution in [3.63, 3.8) is 0 Å². The minimum Gasteiger partial charge on any atom is -0.484 e. The van der Waals surface area contributed by atoms with Crippen molar-refractivity contribution in [2.24, 2.45) is 0 Å². The molecular weight excluding hydrogens is 269 g/mol. The molecule has 4 nitrogen and oxygen atoms in total. The van der Waals surface area contributed by atoms with E-state index in [9.17, 15) is 4.39 Å². The highest BCUT2D eigenvalue weighted by Gasteiger charge is 2.15. The largest absolute Gasteiger partial charge is 0.484 e. The molecule has 0 radical (unpaired) electrons. The zero-order valence-corrected chi connectivity index (χ0v) is 11.8. The molecule has 1 aromatic carbocycles. The van der Waals surface area contributed by atoms with Gasteiger partial charge in [0, 0.05) is 32.4 Å². The molecule has 0 unspecified atom stereocenters. The molecule has 0 saturated carbocycles. The first-order valence-electron chi connectivity index (χ1n) is 7.11. The van der Waals surface area contributed by atoms with Crippen LogP contribution in [0.25, 0.3) is 0 Å². The van der Waals surface area contributed by atoms with E-state index in [0.717, 1.165) is 37.6 Å². The molecule has 3 rings (SSSR count). The third kappa shape index (κ3) is 3.31. The lowest BCUT2D eigenvalue weighted by Crippen LogP contribution is -2.44. The van der Waals surface area contributed by atoms with Crippen LogP contribution in [-0.4, -0.2) is 31.2 Å². The summed E-state index contributed by atoms with van der Waals surface area (Å²) in [4.78, 5) is 6.67. The number of halogens is 1. The first kappa shape index (κ1) is 13.8. The molecule has 5 heteroatoms. The summed E-state index contributed by atoms with van der Waals surface area (Å²) in [6.07, 6.45) is 1.74. The molecule has 0 atom stereocenters. The van der Waals surface area contributed by atoms with Gasteiger partial charge < -0.3 is 15.0 Å². The maximum absolute atomic E-state index is 13.6. The number of para-hydroxylation sites is 1. The van der Waals surface area contributed by atoms with Gasteiger partial charge in [0.15, 0.2) is 11.6 Å². The lowest BCUT2D eigenvalue weighted by atomic mass is 10.2. The molecule has 1 N–H and O–H groups in total. The highest BCUT2D eigenvalue weighted by Crippen LogP contribution is 2.22. The van der Waals surface area contributed by atoms with Crippen molar-refractivity contribution in [2.45, 2.75) is 6.61 Å². The normalized spacial score (nSPS) is 15.0. The predicted molar refractivity (Wildman–Crippen MR) is 80.1 cm³/mol. The fourth-order valence-corrected chi connectivity index (χ4v) is 2.44. The molecule has 2 aromatic rings. The molecule has 2 heterocycles. The van der Waals surface area contributed by atoms with Crippen LogP contribution in [-0.2, 0) is 6.61 Å². The van der Waals surface area contributed by atoms with Crippen LogP contribution in [0, 0.1) is 5.82 Å². The number of piperazine rings is 1. The van der Waals surface area contributed by atoms with Gasteiger partial charge in [0.25, 0.3) is 0 Å². The summed E-state index contributed by atoms with van der Waals surface area (Å²) in [6, 6.07) is 10.4. The Morgan fingerprint density at radius 3 is 2.76 bits per heavy atom. The second-order valence-electron chi connectivity index (χ2n) is 4.93. The molecule has 21 heavy (non-hydrogen) atoms. The van der Waals surface area contributed by atoms with Gasteiger partial charge in [0.2, 0.25) is 0 Å². The topological polar surface area (TPSA) is 37.4 Å². The van der Waals surface area contributed by atoms with Crippen molar-refractivity contribution < 1.29 is 9.13 Å². The van der Waals surface area contributed by atoms with Gasteiger partial charge in [-0.05, 0) is 24.3 Å². The number of benzene rings is 1. The molecule has 0 spiro atoms. The number of nitrogens with one attached hydrogen (secondary N) is 1. The zero-order chi connectivity index (χ0) is 14.5. The SMILES string of the molecule is Fc1ccccc1OCc1ncccc1N1CCNCC1. The van der Waals surface area contributed by atoms with Crippen molar-refractivity contribution in [1.29, 1.82) is 0 Å². The Morgan fingerprint density at radius 2 is 1.95 bits per heavy atom. The first-order chi connectivity index (χ1) is 10.3. The summed E-state index contributed by atoms with van der Waals surface area (Å²) >= 11 is 0. The van der Waals surface area contributed by atoms with Crippen molar-refractivity contribution >= 4 is 5.69 Å². The maximum atomic E-state index is 13.6. The second kappa shape index (κ2) is 6.54. The molecule has 1 aromatic heterocycles. The van der Waals surface area contributed by atoms with Gasteiger partial charge >= 0.3 is 0 Å². The number of nitrogens with zero attached hydrogens (tertiary/aromatic N) is 2. The first-order valence-corrected chi connectivity index (χ1v) is 7.11. The van der Waals surface area contributed by atoms with E-state index >= 15 is 0 Å². The summed E-state index contributed by atoms with van der Waals surface area (Å²) < 4.78 is 19.2. The number of hydrogen-bond donors (Lipinski definition) is 1. The van der Waals surface area contributed by atoms with Crippen LogP contribution in [0.3, 0.4) is 0 Å². The maximum Gasteiger partial charge on any atom is 0.165 e. The fourth-order valence-electron chi connectivity index (χ4n) is 2.44. The van der Waals surface area contributed by atoms with Crippen LogP contribution in [0.5, 0.6) is 5.75 Å². The quantitative estimate of drug-likeness (QED) is 0.935. The van der Waals surface area contributed by atoms with Gasteiger partial charge in [0.1, 0.15) is 12.3 Å². The molecule has 1 aliphatic heterocycles. The van der Waals surface area contributed by atoms with E-state index in [0.29, 0.717) is 0 Å². The Kier molecular flexibility index (Phi) is 4.31. The van der Waals surface area contributed by atoms with Crippen LogP contribution in [0.15, 0.2) is 42.6 Å². The van der Waals surface area contributed by atoms with Gasteiger partial charge in [-0.1, -0.05) is 12.1 Å². The third-order valence-corrected chi connectivity index (χ3v) is 3.52. The van der Waals surface area contributed by atoms with Crippen LogP contribution in [0.2, 0.25) is 0 Å². The smallest absolute Gasteiger partial charge is 0.165 e. The average molecular weight is 287 g/mol. The highest BCUT2D eigenvalue weighted by molar-refractivity contribution is 5.50. The van der Waals surface area contributed by atoms with E-state index < -0.39 is 0 Å². The monoisotopic (exact) mass is 287 g/mol. The van der Waals surface area contributed by atoms with Crippen LogP contribution in [0.4, 0.5) is 10.1 Å².